The third-order valence-corrected chi connectivity index (χ3v) is 7.45. The third-order valence-electron chi connectivity index (χ3n) is 7.45. The number of carbonyl (C=O) groups excluding carboxylic acids is 2. The van der Waals surface area contributed by atoms with Crippen molar-refractivity contribution in [1.29, 1.82) is 0 Å². The van der Waals surface area contributed by atoms with Gasteiger partial charge in [-0.05, 0) is 6.42 Å². The lowest BCUT2D eigenvalue weighted by Crippen LogP contribution is -2.60. The summed E-state index contributed by atoms with van der Waals surface area (Å²) in [5.41, 5.74) is -2.61. The number of esters is 1. The molecule has 2 aliphatic heterocycles. The predicted octanol–water partition coefficient (Wildman–Crippen LogP) is -3.47. The largest absolute Gasteiger partial charge is 0.456 e. The molecule has 0 bridgehead atoms. The number of carbonyl (C=O) groups is 2. The van der Waals surface area contributed by atoms with Gasteiger partial charge in [-0.25, -0.2) is 9.36 Å². The highest BCUT2D eigenvalue weighted by Crippen LogP contribution is 2.31. The molecular formula is C25H37FN2O14. The number of aromatic amines is 1. The molecule has 3 rings (SSSR count). The Morgan fingerprint density at radius 3 is 2.21 bits per heavy atom. The highest BCUT2D eigenvalue weighted by Gasteiger charge is 2.48. The molecule has 6 N–H and O–H groups in total. The standard InChI is InChI=1S/C25H37FN2O14/c1-3-11-14(6-29)40-16(22(35)20(11)33)10-39-8-12-15(7-30)41-17(9-38-2)23(21(12)34)42-19(32)4-18(31)28-5-13(26)24(36)27-25(28)37/h5,11-12,14-17,20-23,29-30,33-35H,3-4,6-10H2,1-2H3,(H,27,36,37)/t11-,12+,14?,15?,16-,17+,20-,21-,22?,23?/m0/s1. The highest BCUT2D eigenvalue weighted by atomic mass is 19.1. The number of halogens is 1. The quantitative estimate of drug-likeness (QED) is 0.0999. The summed E-state index contributed by atoms with van der Waals surface area (Å²) in [7, 11) is 1.31. The van der Waals surface area contributed by atoms with Crippen molar-refractivity contribution in [1.82, 2.24) is 9.55 Å². The van der Waals surface area contributed by atoms with Gasteiger partial charge >= 0.3 is 11.7 Å². The third kappa shape index (κ3) is 7.66. The maximum Gasteiger partial charge on any atom is 0.335 e. The van der Waals surface area contributed by atoms with Crippen LogP contribution in [0.3, 0.4) is 0 Å². The van der Waals surface area contributed by atoms with Gasteiger partial charge in [-0.3, -0.25) is 19.4 Å². The van der Waals surface area contributed by atoms with Gasteiger partial charge < -0.3 is 49.2 Å². The van der Waals surface area contributed by atoms with E-state index in [4.69, 9.17) is 23.7 Å². The summed E-state index contributed by atoms with van der Waals surface area (Å²) in [6.45, 7) is 0.0628. The van der Waals surface area contributed by atoms with Gasteiger partial charge in [-0.2, -0.15) is 4.39 Å². The molecule has 1 aromatic heterocycles. The van der Waals surface area contributed by atoms with Crippen LogP contribution in [0.4, 0.5) is 4.39 Å². The van der Waals surface area contributed by atoms with Crippen molar-refractivity contribution in [3.05, 3.63) is 32.9 Å². The molecule has 0 radical (unpaired) electrons. The molecule has 0 saturated carbocycles. The van der Waals surface area contributed by atoms with Crippen LogP contribution < -0.4 is 11.2 Å². The molecule has 16 nitrogen and oxygen atoms in total. The van der Waals surface area contributed by atoms with Gasteiger partial charge in [0.2, 0.25) is 11.7 Å². The minimum atomic E-state index is -1.53. The number of ether oxygens (including phenoxy) is 5. The van der Waals surface area contributed by atoms with Crippen molar-refractivity contribution >= 4 is 11.9 Å². The number of nitrogens with zero attached hydrogens (tertiary/aromatic N) is 1. The number of H-pyrrole nitrogens is 1. The second kappa shape index (κ2) is 15.2. The van der Waals surface area contributed by atoms with Crippen molar-refractivity contribution < 1.29 is 63.2 Å². The van der Waals surface area contributed by atoms with E-state index in [9.17, 15) is 49.1 Å². The lowest BCUT2D eigenvalue weighted by atomic mass is 9.85. The molecule has 238 valence electrons. The van der Waals surface area contributed by atoms with Crippen LogP contribution in [-0.4, -0.2) is 136 Å². The molecule has 3 heterocycles. The molecule has 2 saturated heterocycles. The number of rotatable bonds is 12. The normalized spacial score (nSPS) is 33.3. The molecule has 0 spiro atoms. The van der Waals surface area contributed by atoms with Gasteiger partial charge in [0.15, 0.2) is 6.10 Å². The predicted molar refractivity (Wildman–Crippen MR) is 136 cm³/mol. The molecule has 0 amide bonds. The van der Waals surface area contributed by atoms with Crippen LogP contribution in [0.5, 0.6) is 0 Å². The summed E-state index contributed by atoms with van der Waals surface area (Å²) in [4.78, 5) is 49.6. The smallest absolute Gasteiger partial charge is 0.335 e. The summed E-state index contributed by atoms with van der Waals surface area (Å²) in [6, 6.07) is 0. The first kappa shape index (κ1) is 33.9. The number of hydrogen-bond donors (Lipinski definition) is 6. The second-order valence-electron chi connectivity index (χ2n) is 10.1. The highest BCUT2D eigenvalue weighted by molar-refractivity contribution is 5.95. The molecule has 4 unspecified atom stereocenters. The van der Waals surface area contributed by atoms with E-state index in [2.05, 4.69) is 0 Å². The maximum absolute atomic E-state index is 13.5. The van der Waals surface area contributed by atoms with E-state index in [0.717, 1.165) is 0 Å². The summed E-state index contributed by atoms with van der Waals surface area (Å²) in [6.07, 6.45) is -9.60. The average molecular weight is 609 g/mol. The maximum atomic E-state index is 13.5. The number of aliphatic hydroxyl groups is 5. The molecule has 2 aliphatic rings. The monoisotopic (exact) mass is 608 g/mol. The SMILES string of the molecule is CC[C@H]1C(CO)O[C@@H](COC[C@@H]2C(CO)O[C@H](COC)C(OC(=O)CC(=O)n3cc(F)c(=O)[nH]c3=O)[C@H]2O)C(O)[C@H]1O. The van der Waals surface area contributed by atoms with Gasteiger partial charge in [0.05, 0.1) is 57.5 Å². The number of methoxy groups -OCH3 is 1. The van der Waals surface area contributed by atoms with E-state index in [1.165, 1.54) is 7.11 Å². The summed E-state index contributed by atoms with van der Waals surface area (Å²) in [5, 5.41) is 51.5. The minimum Gasteiger partial charge on any atom is -0.456 e. The van der Waals surface area contributed by atoms with E-state index in [-0.39, 0.29) is 31.0 Å². The van der Waals surface area contributed by atoms with E-state index in [1.54, 1.807) is 11.9 Å². The van der Waals surface area contributed by atoms with E-state index in [0.29, 0.717) is 12.6 Å². The van der Waals surface area contributed by atoms with Crippen LogP contribution in [0, 0.1) is 17.7 Å². The molecule has 1 aromatic rings. The molecule has 10 atom stereocenters. The molecule has 0 aliphatic carbocycles. The van der Waals surface area contributed by atoms with Crippen molar-refractivity contribution in [3.8, 4) is 0 Å². The second-order valence-corrected chi connectivity index (χ2v) is 10.1. The lowest BCUT2D eigenvalue weighted by Gasteiger charge is -2.44. The van der Waals surface area contributed by atoms with Gasteiger partial charge in [-0.15, -0.1) is 0 Å². The van der Waals surface area contributed by atoms with Gasteiger partial charge in [-0.1, -0.05) is 6.92 Å². The average Bonchev–Trinajstić information content (AvgIpc) is 2.95. The van der Waals surface area contributed by atoms with Crippen molar-refractivity contribution in [2.24, 2.45) is 11.8 Å². The van der Waals surface area contributed by atoms with Gasteiger partial charge in [0.1, 0.15) is 30.8 Å². The number of aliphatic hydroxyl groups excluding tert-OH is 5. The van der Waals surface area contributed by atoms with Crippen LogP contribution in [0.15, 0.2) is 15.8 Å². The fourth-order valence-corrected chi connectivity index (χ4v) is 5.19. The van der Waals surface area contributed by atoms with Crippen LogP contribution >= 0.6 is 0 Å². The fraction of sp³-hybridized carbons (Fsp3) is 0.760. The van der Waals surface area contributed by atoms with Crippen molar-refractivity contribution in [3.63, 3.8) is 0 Å². The molecule has 17 heteroatoms. The number of hydrogen-bond acceptors (Lipinski definition) is 14. The molecule has 0 aromatic carbocycles. The fourth-order valence-electron chi connectivity index (χ4n) is 5.19. The zero-order chi connectivity index (χ0) is 31.1. The minimum absolute atomic E-state index is 0.194. The van der Waals surface area contributed by atoms with E-state index in [1.807, 2.05) is 0 Å². The van der Waals surface area contributed by atoms with Crippen LogP contribution in [-0.2, 0) is 28.5 Å². The number of nitrogens with one attached hydrogen (secondary N) is 1. The first-order valence-electron chi connectivity index (χ1n) is 13.3. The van der Waals surface area contributed by atoms with Gasteiger partial charge in [0.25, 0.3) is 5.56 Å². The first-order chi connectivity index (χ1) is 20.0. The van der Waals surface area contributed by atoms with Crippen molar-refractivity contribution in [2.45, 2.75) is 68.6 Å². The molecular weight excluding hydrogens is 571 g/mol. The van der Waals surface area contributed by atoms with Crippen LogP contribution in [0.2, 0.25) is 0 Å². The topological polar surface area (TPSA) is 236 Å². The Kier molecular flexibility index (Phi) is 12.3. The lowest BCUT2D eigenvalue weighted by molar-refractivity contribution is -0.245. The Hall–Kier alpha value is -2.61. The van der Waals surface area contributed by atoms with E-state index >= 15 is 0 Å². The zero-order valence-corrected chi connectivity index (χ0v) is 23.0. The zero-order valence-electron chi connectivity index (χ0n) is 23.0. The first-order valence-corrected chi connectivity index (χ1v) is 13.3. The van der Waals surface area contributed by atoms with Crippen LogP contribution in [0.1, 0.15) is 24.6 Å². The Morgan fingerprint density at radius 2 is 1.60 bits per heavy atom. The number of aromatic nitrogens is 2. The summed E-state index contributed by atoms with van der Waals surface area (Å²) >= 11 is 0. The summed E-state index contributed by atoms with van der Waals surface area (Å²) < 4.78 is 41.2. The molecule has 2 fully saturated rings. The van der Waals surface area contributed by atoms with Crippen molar-refractivity contribution in [2.75, 3.05) is 40.1 Å². The Bertz CT molecular complexity index is 1170. The molecule has 42 heavy (non-hydrogen) atoms. The van der Waals surface area contributed by atoms with Crippen LogP contribution in [0.25, 0.3) is 0 Å². The Balaban J connectivity index is 1.68. The Labute approximate surface area is 238 Å². The Morgan fingerprint density at radius 1 is 0.952 bits per heavy atom. The van der Waals surface area contributed by atoms with E-state index < -0.39 is 103 Å². The summed E-state index contributed by atoms with van der Waals surface area (Å²) in [5.74, 6) is -5.36. The van der Waals surface area contributed by atoms with Gasteiger partial charge in [0, 0.05) is 18.9 Å².